The maximum Gasteiger partial charge on any atom is 0.175 e. The third kappa shape index (κ3) is 383. The lowest BCUT2D eigenvalue weighted by Gasteiger charge is -1.99. The molecule has 16 nitrogen and oxygen atoms in total. The topological polar surface area (TPSA) is 300 Å². The van der Waals surface area contributed by atoms with Gasteiger partial charge in [-0.05, 0) is 60.4 Å². The van der Waals surface area contributed by atoms with Crippen LogP contribution in [-0.2, 0) is 14.2 Å². The molecule has 0 spiro atoms. The molecular weight excluding hydrogens is 536 g/mol. The molecule has 258 valence electrons. The van der Waals surface area contributed by atoms with Crippen LogP contribution in [0.5, 0.6) is 0 Å². The first-order chi connectivity index (χ1) is 18.4. The summed E-state index contributed by atoms with van der Waals surface area (Å²) in [5, 5.41) is 73.7. The van der Waals surface area contributed by atoms with E-state index in [0.717, 1.165) is 19.6 Å². The maximum atomic E-state index is 8.33. The summed E-state index contributed by atoms with van der Waals surface area (Å²) in [6.45, 7) is 19.2. The van der Waals surface area contributed by atoms with Gasteiger partial charge in [-0.1, -0.05) is 34.6 Å². The lowest BCUT2D eigenvalue weighted by molar-refractivity contribution is -0.0850. The average molecular weight is 607 g/mol. The highest BCUT2D eigenvalue weighted by atomic mass is 16.6. The summed E-state index contributed by atoms with van der Waals surface area (Å²) >= 11 is 0. The molecule has 40 heavy (non-hydrogen) atoms. The molecule has 16 N–H and O–H groups in total. The van der Waals surface area contributed by atoms with Crippen LogP contribution in [-0.4, -0.2) is 144 Å². The summed E-state index contributed by atoms with van der Waals surface area (Å²) in [4.78, 5) is 0. The van der Waals surface area contributed by atoms with Gasteiger partial charge in [-0.2, -0.15) is 0 Å². The van der Waals surface area contributed by atoms with E-state index in [4.69, 9.17) is 57.4 Å². The molecule has 0 radical (unpaired) electrons. The normalized spacial score (nSPS) is 10.2. The number of hydrogen-bond donors (Lipinski definition) is 13. The molecule has 0 aliphatic carbocycles. The Hall–Kier alpha value is -0.640. The zero-order valence-corrected chi connectivity index (χ0v) is 27.2. The van der Waals surface area contributed by atoms with Gasteiger partial charge in [-0.3, -0.25) is 0 Å². The van der Waals surface area contributed by atoms with E-state index in [1.165, 1.54) is 28.2 Å². The third-order valence-corrected chi connectivity index (χ3v) is 1.73. The molecule has 0 bridgehead atoms. The van der Waals surface area contributed by atoms with E-state index in [9.17, 15) is 0 Å². The summed E-state index contributed by atoms with van der Waals surface area (Å²) in [5.41, 5.74) is 14.5. The molecule has 2 unspecified atom stereocenters. The summed E-state index contributed by atoms with van der Waals surface area (Å²) in [6, 6.07) is 0.333. The van der Waals surface area contributed by atoms with Gasteiger partial charge in [0.1, 0.15) is 6.29 Å². The third-order valence-electron chi connectivity index (χ3n) is 1.73. The number of hydrogen-bond acceptors (Lipinski definition) is 16. The Kier molecular flexibility index (Phi) is 112. The molecule has 2 atom stereocenters. The fraction of sp³-hybridized carbons (Fsp3) is 1.00. The summed E-state index contributed by atoms with van der Waals surface area (Å²) in [6.07, 6.45) is -5.27. The van der Waals surface area contributed by atoms with Crippen molar-refractivity contribution in [2.45, 2.75) is 99.8 Å². The van der Waals surface area contributed by atoms with Gasteiger partial charge in [-0.15, -0.1) is 0 Å². The second kappa shape index (κ2) is 71.5. The molecule has 0 rings (SSSR count). The molecule has 0 heterocycles. The lowest BCUT2D eigenvalue weighted by atomic mass is 10.5. The molecule has 0 aliphatic heterocycles. The average Bonchev–Trinajstić information content (AvgIpc) is 2.82. The van der Waals surface area contributed by atoms with Crippen molar-refractivity contribution in [2.24, 2.45) is 17.2 Å². The van der Waals surface area contributed by atoms with Crippen molar-refractivity contribution in [1.82, 2.24) is 5.32 Å². The van der Waals surface area contributed by atoms with Crippen LogP contribution in [0.2, 0.25) is 0 Å². The van der Waals surface area contributed by atoms with Crippen LogP contribution in [0.3, 0.4) is 0 Å². The highest BCUT2D eigenvalue weighted by molar-refractivity contribution is 4.32. The van der Waals surface area contributed by atoms with E-state index in [2.05, 4.69) is 39.1 Å². The van der Waals surface area contributed by atoms with Crippen LogP contribution < -0.4 is 22.5 Å². The van der Waals surface area contributed by atoms with E-state index in [-0.39, 0.29) is 6.61 Å². The fourth-order valence-electron chi connectivity index (χ4n) is 0.640. The van der Waals surface area contributed by atoms with Gasteiger partial charge in [0, 0.05) is 20.8 Å². The lowest BCUT2D eigenvalue weighted by Crippen LogP contribution is -2.11. The number of methoxy groups -OCH3 is 2. The molecule has 0 saturated heterocycles. The SMILES string of the molecule is CC(C)N.CC(O)O.CCN.CCNCC.CCOC(C)O.CN.COC(C)O.COCC(O)O.OCC(O)O. The van der Waals surface area contributed by atoms with Crippen LogP contribution in [0, 0.1) is 0 Å². The minimum absolute atomic E-state index is 0.0139. The predicted octanol–water partition coefficient (Wildman–Crippen LogP) is -2.61. The molecule has 0 amide bonds. The number of aliphatic hydroxyl groups is 9. The van der Waals surface area contributed by atoms with Crippen molar-refractivity contribution in [1.29, 1.82) is 0 Å². The van der Waals surface area contributed by atoms with Crippen LogP contribution in [0.4, 0.5) is 0 Å². The largest absolute Gasteiger partial charge is 0.391 e. The minimum Gasteiger partial charge on any atom is -0.391 e. The maximum absolute atomic E-state index is 8.33. The summed E-state index contributed by atoms with van der Waals surface area (Å²) < 4.78 is 13.2. The van der Waals surface area contributed by atoms with Crippen molar-refractivity contribution in [2.75, 3.05) is 60.7 Å². The molecule has 0 aliphatic rings. The predicted molar refractivity (Wildman–Crippen MR) is 160 cm³/mol. The molecule has 16 heteroatoms. The van der Waals surface area contributed by atoms with Gasteiger partial charge in [0.2, 0.25) is 0 Å². The van der Waals surface area contributed by atoms with E-state index < -0.39 is 38.1 Å². The molecular formula is C24H70N4O12. The van der Waals surface area contributed by atoms with Crippen LogP contribution in [0.25, 0.3) is 0 Å². The first-order valence-electron chi connectivity index (χ1n) is 12.8. The zero-order valence-electron chi connectivity index (χ0n) is 27.2. The Balaban J connectivity index is -0.0000000391. The molecule has 0 fully saturated rings. The van der Waals surface area contributed by atoms with Gasteiger partial charge in [0.25, 0.3) is 0 Å². The zero-order chi connectivity index (χ0) is 34.5. The molecule has 0 aromatic rings. The Labute approximate surface area is 243 Å². The van der Waals surface area contributed by atoms with Crippen LogP contribution in [0.1, 0.15) is 62.3 Å². The van der Waals surface area contributed by atoms with Crippen molar-refractivity contribution in [3.8, 4) is 0 Å². The van der Waals surface area contributed by atoms with E-state index >= 15 is 0 Å². The van der Waals surface area contributed by atoms with Crippen LogP contribution in [0.15, 0.2) is 0 Å². The Morgan fingerprint density at radius 3 is 0.950 bits per heavy atom. The smallest absolute Gasteiger partial charge is 0.175 e. The highest BCUT2D eigenvalue weighted by Crippen LogP contribution is 1.78. The molecule has 0 aromatic carbocycles. The molecule has 0 saturated carbocycles. The van der Waals surface area contributed by atoms with Crippen LogP contribution >= 0.6 is 0 Å². The first kappa shape index (κ1) is 62.8. The minimum atomic E-state index is -1.56. The Morgan fingerprint density at radius 2 is 0.950 bits per heavy atom. The number of rotatable bonds is 8. The van der Waals surface area contributed by atoms with E-state index in [1.54, 1.807) is 13.8 Å². The quantitative estimate of drug-likeness (QED) is 0.126. The van der Waals surface area contributed by atoms with Gasteiger partial charge in [0.05, 0.1) is 13.2 Å². The second-order valence-corrected chi connectivity index (χ2v) is 6.73. The molecule has 0 aromatic heterocycles. The number of nitrogens with two attached hydrogens (primary N) is 3. The Bertz CT molecular complexity index is 278. The van der Waals surface area contributed by atoms with Gasteiger partial charge in [0.15, 0.2) is 25.2 Å². The van der Waals surface area contributed by atoms with Crippen molar-refractivity contribution < 1.29 is 60.2 Å². The van der Waals surface area contributed by atoms with E-state index in [1.807, 2.05) is 27.7 Å². The van der Waals surface area contributed by atoms with Crippen molar-refractivity contribution in [3.05, 3.63) is 0 Å². The summed E-state index contributed by atoms with van der Waals surface area (Å²) in [7, 11) is 4.35. The summed E-state index contributed by atoms with van der Waals surface area (Å²) in [5.74, 6) is 0. The standard InChI is InChI=1S/C4H11N.C4H10O2.C3H9N.C3H8O3.C3H8O2.C2H7N.C2H6O3.C2H6O2.CH5N/c1-3-5-4-2;1-3-6-4(2)5;1-3(2)4;1-6-2-3(4)5;1-3(4)5-2;1-2-3;3-1-2(4)5;1-2(3)4;1-2/h5H,3-4H2,1-2H3;4-5H,3H2,1-2H3;3H,4H2,1-2H3;3-5H,2H2,1H3;3-4H,1-2H3;2-3H2,1H3;2-5H,1H2;2-4H,1H3;2H2,1H3. The first-order valence-corrected chi connectivity index (χ1v) is 12.8. The van der Waals surface area contributed by atoms with Crippen molar-refractivity contribution in [3.63, 3.8) is 0 Å². The van der Waals surface area contributed by atoms with Gasteiger partial charge < -0.3 is 82.7 Å². The van der Waals surface area contributed by atoms with Gasteiger partial charge in [-0.25, -0.2) is 0 Å². The monoisotopic (exact) mass is 606 g/mol. The highest BCUT2D eigenvalue weighted by Gasteiger charge is 1.89. The van der Waals surface area contributed by atoms with Crippen molar-refractivity contribution >= 4 is 0 Å². The van der Waals surface area contributed by atoms with E-state index in [0.29, 0.717) is 12.6 Å². The van der Waals surface area contributed by atoms with Gasteiger partial charge >= 0.3 is 0 Å². The number of ether oxygens (including phenoxy) is 3. The second-order valence-electron chi connectivity index (χ2n) is 6.73. The number of aliphatic hydroxyl groups excluding tert-OH is 6. The fourth-order valence-corrected chi connectivity index (χ4v) is 0.640. The number of nitrogens with one attached hydrogen (secondary N) is 1. The Morgan fingerprint density at radius 1 is 0.700 bits per heavy atom.